The number of anilines is 1. The summed E-state index contributed by atoms with van der Waals surface area (Å²) in [6.45, 7) is 5.02. The molecule has 11 heteroatoms. The van der Waals surface area contributed by atoms with E-state index in [0.29, 0.717) is 59.5 Å². The van der Waals surface area contributed by atoms with Crippen LogP contribution in [0.4, 0.5) is 14.5 Å². The monoisotopic (exact) mass is 614 g/mol. The Kier molecular flexibility index (Phi) is 7.10. The van der Waals surface area contributed by atoms with Crippen molar-refractivity contribution in [2.24, 2.45) is 0 Å². The number of pyridine rings is 2. The van der Waals surface area contributed by atoms with Crippen LogP contribution in [-0.4, -0.2) is 83.3 Å². The number of ether oxygens (including phenoxy) is 1. The molecule has 0 N–H and O–H groups in total. The highest BCUT2D eigenvalue weighted by atomic mass is 35.5. The first-order valence-corrected chi connectivity index (χ1v) is 14.9. The smallest absolute Gasteiger partial charge is 0.246 e. The predicted molar refractivity (Wildman–Crippen MR) is 165 cm³/mol. The molecule has 224 valence electrons. The van der Waals surface area contributed by atoms with Crippen LogP contribution in [0.3, 0.4) is 0 Å². The molecule has 44 heavy (non-hydrogen) atoms. The number of likely N-dealkylation sites (tertiary alicyclic amines) is 2. The highest BCUT2D eigenvalue weighted by Crippen LogP contribution is 2.45. The lowest BCUT2D eigenvalue weighted by Gasteiger charge is -2.48. The van der Waals surface area contributed by atoms with Crippen molar-refractivity contribution in [3.63, 3.8) is 0 Å². The van der Waals surface area contributed by atoms with Crippen LogP contribution < -0.4 is 9.64 Å². The van der Waals surface area contributed by atoms with E-state index in [4.69, 9.17) is 16.3 Å². The lowest BCUT2D eigenvalue weighted by Crippen LogP contribution is -2.63. The van der Waals surface area contributed by atoms with Crippen molar-refractivity contribution in [2.75, 3.05) is 38.2 Å². The van der Waals surface area contributed by atoms with Gasteiger partial charge in [-0.1, -0.05) is 48.5 Å². The molecule has 3 aliphatic heterocycles. The van der Waals surface area contributed by atoms with Gasteiger partial charge in [-0.05, 0) is 37.4 Å². The Bertz CT molecular complexity index is 1870. The molecule has 0 bridgehead atoms. The molecule has 2 aromatic heterocycles. The lowest BCUT2D eigenvalue weighted by atomic mass is 9.93. The summed E-state index contributed by atoms with van der Waals surface area (Å²) >= 11 is 6.57. The van der Waals surface area contributed by atoms with E-state index in [9.17, 15) is 14.4 Å². The molecule has 0 radical (unpaired) electrons. The first kappa shape index (κ1) is 28.4. The average molecular weight is 615 g/mol. The summed E-state index contributed by atoms with van der Waals surface area (Å²) < 4.78 is 36.9. The zero-order chi connectivity index (χ0) is 30.7. The highest BCUT2D eigenvalue weighted by Gasteiger charge is 2.49. The fourth-order valence-electron chi connectivity index (χ4n) is 6.99. The van der Waals surface area contributed by atoms with Crippen molar-refractivity contribution >= 4 is 44.9 Å². The van der Waals surface area contributed by atoms with Crippen LogP contribution in [0.5, 0.6) is 5.88 Å². The van der Waals surface area contributed by atoms with Crippen LogP contribution in [0, 0.1) is 17.1 Å². The summed E-state index contributed by atoms with van der Waals surface area (Å²) in [5.41, 5.74) is 1.23. The Balaban J connectivity index is 1.37. The zero-order valence-corrected chi connectivity index (χ0v) is 24.8. The second-order valence-corrected chi connectivity index (χ2v) is 12.0. The van der Waals surface area contributed by atoms with Crippen molar-refractivity contribution in [3.05, 3.63) is 71.7 Å². The minimum Gasteiger partial charge on any atom is -0.475 e. The van der Waals surface area contributed by atoms with E-state index in [1.54, 1.807) is 23.2 Å². The molecule has 0 saturated carbocycles. The van der Waals surface area contributed by atoms with Crippen LogP contribution in [-0.2, 0) is 4.79 Å². The third-order valence-corrected chi connectivity index (χ3v) is 9.54. The molecule has 7 rings (SSSR count). The van der Waals surface area contributed by atoms with E-state index >= 15 is 4.39 Å². The number of alkyl halides is 1. The van der Waals surface area contributed by atoms with Gasteiger partial charge in [-0.3, -0.25) is 14.7 Å². The molecule has 1 amide bonds. The summed E-state index contributed by atoms with van der Waals surface area (Å²) in [6.07, 6.45) is 2.87. The van der Waals surface area contributed by atoms with E-state index in [1.807, 2.05) is 41.1 Å². The largest absolute Gasteiger partial charge is 0.475 e. The zero-order valence-electron chi connectivity index (χ0n) is 24.0. The Morgan fingerprint density at radius 2 is 2.05 bits per heavy atom. The number of carbonyl (C=O) groups is 1. The predicted octanol–water partition coefficient (Wildman–Crippen LogP) is 5.51. The van der Waals surface area contributed by atoms with Gasteiger partial charge in [0.05, 0.1) is 17.8 Å². The van der Waals surface area contributed by atoms with Crippen LogP contribution in [0.2, 0.25) is 5.02 Å². The quantitative estimate of drug-likeness (QED) is 0.265. The number of amides is 1. The van der Waals surface area contributed by atoms with Gasteiger partial charge in [0.15, 0.2) is 5.82 Å². The number of hydrogen-bond acceptors (Lipinski definition) is 7. The van der Waals surface area contributed by atoms with Crippen LogP contribution >= 0.6 is 11.6 Å². The molecule has 3 saturated heterocycles. The molecule has 4 aromatic rings. The maximum Gasteiger partial charge on any atom is 0.246 e. The molecule has 0 aliphatic carbocycles. The molecule has 4 atom stereocenters. The van der Waals surface area contributed by atoms with Gasteiger partial charge < -0.3 is 14.5 Å². The van der Waals surface area contributed by atoms with Gasteiger partial charge >= 0.3 is 0 Å². The van der Waals surface area contributed by atoms with Crippen molar-refractivity contribution in [2.45, 2.75) is 37.1 Å². The second kappa shape index (κ2) is 11.0. The summed E-state index contributed by atoms with van der Waals surface area (Å²) in [5.74, 6) is -0.823. The van der Waals surface area contributed by atoms with E-state index in [0.717, 1.165) is 5.39 Å². The van der Waals surface area contributed by atoms with E-state index in [2.05, 4.69) is 22.6 Å². The molecular weight excluding hydrogens is 586 g/mol. The number of halogens is 3. The average Bonchev–Trinajstić information content (AvgIpc) is 3.52. The van der Waals surface area contributed by atoms with E-state index in [1.165, 1.54) is 6.08 Å². The number of nitriles is 1. The number of aromatic nitrogens is 2. The number of fused-ring (bicyclic) bond motifs is 3. The lowest BCUT2D eigenvalue weighted by molar-refractivity contribution is -0.127. The Morgan fingerprint density at radius 1 is 1.25 bits per heavy atom. The Labute approximate surface area is 258 Å². The summed E-state index contributed by atoms with van der Waals surface area (Å²) in [4.78, 5) is 27.3. The number of rotatable bonds is 6. The highest BCUT2D eigenvalue weighted by molar-refractivity contribution is 6.36. The van der Waals surface area contributed by atoms with Gasteiger partial charge in [-0.2, -0.15) is 5.26 Å². The van der Waals surface area contributed by atoms with E-state index in [-0.39, 0.29) is 53.3 Å². The summed E-state index contributed by atoms with van der Waals surface area (Å²) in [7, 11) is 1.82. The molecule has 8 nitrogen and oxygen atoms in total. The number of likely N-dealkylation sites (N-methyl/N-ethyl adjacent to an activating group) is 1. The summed E-state index contributed by atoms with van der Waals surface area (Å²) in [6, 6.07) is 12.9. The third kappa shape index (κ3) is 4.45. The van der Waals surface area contributed by atoms with Gasteiger partial charge in [0.25, 0.3) is 0 Å². The first-order valence-electron chi connectivity index (χ1n) is 14.6. The van der Waals surface area contributed by atoms with Crippen molar-refractivity contribution in [3.8, 4) is 23.2 Å². The van der Waals surface area contributed by atoms with E-state index < -0.39 is 12.0 Å². The van der Waals surface area contributed by atoms with Crippen molar-refractivity contribution in [1.29, 1.82) is 5.26 Å². The van der Waals surface area contributed by atoms with Crippen LogP contribution in [0.15, 0.2) is 55.3 Å². The minimum atomic E-state index is -0.968. The third-order valence-electron chi connectivity index (χ3n) is 9.22. The number of benzene rings is 2. The molecule has 3 aliphatic rings. The maximum absolute atomic E-state index is 16.7. The van der Waals surface area contributed by atoms with Crippen LogP contribution in [0.1, 0.15) is 18.4 Å². The van der Waals surface area contributed by atoms with Crippen molar-refractivity contribution in [1.82, 2.24) is 19.8 Å². The van der Waals surface area contributed by atoms with Crippen molar-refractivity contribution < 1.29 is 18.3 Å². The molecular formula is C33H29ClF2N6O2. The Morgan fingerprint density at radius 3 is 2.77 bits per heavy atom. The van der Waals surface area contributed by atoms with Gasteiger partial charge in [0, 0.05) is 53.2 Å². The molecule has 0 unspecified atom stereocenters. The fourth-order valence-corrected chi connectivity index (χ4v) is 7.27. The van der Waals surface area contributed by atoms with Crippen LogP contribution in [0.25, 0.3) is 32.9 Å². The normalized spacial score (nSPS) is 23.1. The molecule has 0 spiro atoms. The topological polar surface area (TPSA) is 85.6 Å². The van der Waals surface area contributed by atoms with Gasteiger partial charge in [0.2, 0.25) is 11.8 Å². The molecule has 5 heterocycles. The second-order valence-electron chi connectivity index (χ2n) is 11.6. The molecule has 3 fully saturated rings. The standard InChI is InChI=1S/C33H29ClF2N6O2/c1-3-27(43)41-11-10-25-26(41)16-42(25)32-22(13-37)33(44-17-20-12-19(35)15-40(20)2)39-31-23(32)14-38-30(29(31)36)21-8-4-6-18-7-5-9-24(34)28(18)21/h3-9,14,19-20,25-26H,1,10-12,15-17H2,2H3/t19-,20+,25-,26-/m1/s1. The SMILES string of the molecule is C=CC(=O)N1CC[C@@H]2[C@H]1CN2c1c(C#N)c(OC[C@@H]2C[C@@H](F)CN2C)nc2c(F)c(-c3cccc4cccc(Cl)c34)ncc12. The number of nitrogens with zero attached hydrogens (tertiary/aromatic N) is 6. The maximum atomic E-state index is 16.7. The van der Waals surface area contributed by atoms with Gasteiger partial charge in [0.1, 0.15) is 35.6 Å². The minimum absolute atomic E-state index is 0.00618. The molecule has 2 aromatic carbocycles. The first-order chi connectivity index (χ1) is 21.3. The van der Waals surface area contributed by atoms with Gasteiger partial charge in [-0.25, -0.2) is 13.8 Å². The van der Waals surface area contributed by atoms with Gasteiger partial charge in [-0.15, -0.1) is 0 Å². The number of hydrogen-bond donors (Lipinski definition) is 0. The number of carbonyl (C=O) groups excluding carboxylic acids is 1. The summed E-state index contributed by atoms with van der Waals surface area (Å²) in [5, 5.41) is 12.8. The Hall–Kier alpha value is -4.33. The fraction of sp³-hybridized carbons (Fsp3) is 0.333.